The molecular formula is C19H25FN4O3. The Morgan fingerprint density at radius 1 is 1.22 bits per heavy atom. The average molecular weight is 376 g/mol. The molecule has 0 unspecified atom stereocenters. The smallest absolute Gasteiger partial charge is 0.409 e. The molecule has 2 aliphatic heterocycles. The lowest BCUT2D eigenvalue weighted by molar-refractivity contribution is 0.105. The van der Waals surface area contributed by atoms with Gasteiger partial charge in [-0.2, -0.15) is 0 Å². The zero-order valence-corrected chi connectivity index (χ0v) is 15.5. The number of halogens is 1. The standard InChI is InChI=1S/C19H25FN4O3/c1-2-27-19(26)23-10-7-15(12-23)22-8-5-14(6-9-22)24-17-11-13(20)3-4-16(17)21-18(24)25/h3-4,11,14-15H,2,5-10,12H2,1H3,(H,21,25)/t15-/m1/s1. The lowest BCUT2D eigenvalue weighted by atomic mass is 10.0. The average Bonchev–Trinajstić information content (AvgIpc) is 3.26. The summed E-state index contributed by atoms with van der Waals surface area (Å²) in [7, 11) is 0. The van der Waals surface area contributed by atoms with E-state index in [1.165, 1.54) is 12.1 Å². The Balaban J connectivity index is 1.42. The van der Waals surface area contributed by atoms with Gasteiger partial charge in [0, 0.05) is 38.3 Å². The number of amides is 1. The highest BCUT2D eigenvalue weighted by Gasteiger charge is 2.33. The number of benzene rings is 1. The topological polar surface area (TPSA) is 70.6 Å². The molecule has 0 saturated carbocycles. The molecule has 2 fully saturated rings. The van der Waals surface area contributed by atoms with Crippen molar-refractivity contribution in [2.24, 2.45) is 0 Å². The van der Waals surface area contributed by atoms with E-state index in [0.717, 1.165) is 38.9 Å². The maximum atomic E-state index is 13.6. The highest BCUT2D eigenvalue weighted by Crippen LogP contribution is 2.28. The van der Waals surface area contributed by atoms with Crippen LogP contribution >= 0.6 is 0 Å². The van der Waals surface area contributed by atoms with Crippen LogP contribution in [0.1, 0.15) is 32.2 Å². The zero-order valence-electron chi connectivity index (χ0n) is 15.5. The Bertz CT molecular complexity index is 885. The van der Waals surface area contributed by atoms with Crippen LogP contribution in [-0.2, 0) is 4.74 Å². The highest BCUT2D eigenvalue weighted by atomic mass is 19.1. The second-order valence-corrected chi connectivity index (χ2v) is 7.32. The van der Waals surface area contributed by atoms with E-state index < -0.39 is 0 Å². The molecule has 1 atom stereocenters. The first kappa shape index (κ1) is 18.0. The van der Waals surface area contributed by atoms with Crippen molar-refractivity contribution in [2.45, 2.75) is 38.3 Å². The van der Waals surface area contributed by atoms with E-state index >= 15 is 0 Å². The molecule has 8 heteroatoms. The van der Waals surface area contributed by atoms with Crippen molar-refractivity contribution in [3.05, 3.63) is 34.5 Å². The number of carbonyl (C=O) groups is 1. The zero-order chi connectivity index (χ0) is 19.0. The summed E-state index contributed by atoms with van der Waals surface area (Å²) < 4.78 is 20.4. The predicted octanol–water partition coefficient (Wildman–Crippen LogP) is 2.34. The van der Waals surface area contributed by atoms with Gasteiger partial charge in [0.25, 0.3) is 0 Å². The normalized spacial score (nSPS) is 21.9. The van der Waals surface area contributed by atoms with Crippen molar-refractivity contribution < 1.29 is 13.9 Å². The van der Waals surface area contributed by atoms with Crippen molar-refractivity contribution in [1.29, 1.82) is 0 Å². The van der Waals surface area contributed by atoms with E-state index in [2.05, 4.69) is 9.88 Å². The number of rotatable bonds is 3. The fourth-order valence-corrected chi connectivity index (χ4v) is 4.39. The molecule has 0 radical (unpaired) electrons. The van der Waals surface area contributed by atoms with Gasteiger partial charge < -0.3 is 14.6 Å². The first-order valence-electron chi connectivity index (χ1n) is 9.62. The van der Waals surface area contributed by atoms with E-state index in [0.29, 0.717) is 30.2 Å². The molecule has 1 aromatic carbocycles. The predicted molar refractivity (Wildman–Crippen MR) is 99.4 cm³/mol. The summed E-state index contributed by atoms with van der Waals surface area (Å²) in [5, 5.41) is 0. The van der Waals surface area contributed by atoms with Gasteiger partial charge in [0.1, 0.15) is 5.82 Å². The van der Waals surface area contributed by atoms with Crippen LogP contribution in [0.15, 0.2) is 23.0 Å². The fourth-order valence-electron chi connectivity index (χ4n) is 4.39. The number of aromatic nitrogens is 2. The second kappa shape index (κ2) is 7.34. The summed E-state index contributed by atoms with van der Waals surface area (Å²) in [5.74, 6) is -0.335. The molecule has 7 nitrogen and oxygen atoms in total. The number of H-pyrrole nitrogens is 1. The Morgan fingerprint density at radius 3 is 2.70 bits per heavy atom. The molecule has 0 spiro atoms. The Kier molecular flexibility index (Phi) is 4.90. The summed E-state index contributed by atoms with van der Waals surface area (Å²) in [5.41, 5.74) is 1.13. The van der Waals surface area contributed by atoms with Gasteiger partial charge in [-0.1, -0.05) is 0 Å². The van der Waals surface area contributed by atoms with Crippen LogP contribution in [0.3, 0.4) is 0 Å². The minimum Gasteiger partial charge on any atom is -0.450 e. The monoisotopic (exact) mass is 376 g/mol. The second-order valence-electron chi connectivity index (χ2n) is 7.32. The maximum Gasteiger partial charge on any atom is 0.409 e. The lowest BCUT2D eigenvalue weighted by Gasteiger charge is -2.36. The number of piperidine rings is 1. The van der Waals surface area contributed by atoms with E-state index in [4.69, 9.17) is 4.74 Å². The van der Waals surface area contributed by atoms with Crippen LogP contribution in [-0.4, -0.2) is 64.3 Å². The SMILES string of the molecule is CCOC(=O)N1CC[C@@H](N2CCC(n3c(=O)[nH]c4ccc(F)cc43)CC2)C1. The maximum absolute atomic E-state index is 13.6. The third kappa shape index (κ3) is 3.45. The van der Waals surface area contributed by atoms with E-state index in [9.17, 15) is 14.0 Å². The molecular weight excluding hydrogens is 351 g/mol. The van der Waals surface area contributed by atoms with Gasteiger partial charge in [0.2, 0.25) is 0 Å². The van der Waals surface area contributed by atoms with E-state index in [1.54, 1.807) is 15.5 Å². The third-order valence-corrected chi connectivity index (χ3v) is 5.75. The number of nitrogens with one attached hydrogen (secondary N) is 1. The van der Waals surface area contributed by atoms with Gasteiger partial charge in [-0.15, -0.1) is 0 Å². The molecule has 146 valence electrons. The van der Waals surface area contributed by atoms with Crippen LogP contribution in [0.25, 0.3) is 11.0 Å². The number of carbonyl (C=O) groups excluding carboxylic acids is 1. The largest absolute Gasteiger partial charge is 0.450 e. The van der Waals surface area contributed by atoms with Crippen molar-refractivity contribution in [2.75, 3.05) is 32.8 Å². The molecule has 3 heterocycles. The van der Waals surface area contributed by atoms with Crippen molar-refractivity contribution >= 4 is 17.1 Å². The minimum atomic E-state index is -0.335. The van der Waals surface area contributed by atoms with Crippen LogP contribution < -0.4 is 5.69 Å². The molecule has 0 bridgehead atoms. The molecule has 2 aliphatic rings. The van der Waals surface area contributed by atoms with Crippen molar-refractivity contribution in [1.82, 2.24) is 19.4 Å². The van der Waals surface area contributed by atoms with Gasteiger partial charge >= 0.3 is 11.8 Å². The van der Waals surface area contributed by atoms with Crippen LogP contribution in [0.4, 0.5) is 9.18 Å². The number of nitrogens with zero attached hydrogens (tertiary/aromatic N) is 3. The van der Waals surface area contributed by atoms with Gasteiger partial charge in [-0.25, -0.2) is 14.0 Å². The fraction of sp³-hybridized carbons (Fsp3) is 0.579. The molecule has 1 aromatic heterocycles. The molecule has 0 aliphatic carbocycles. The molecule has 2 saturated heterocycles. The highest BCUT2D eigenvalue weighted by molar-refractivity contribution is 5.75. The first-order valence-corrected chi connectivity index (χ1v) is 9.62. The number of hydrogen-bond acceptors (Lipinski definition) is 4. The summed E-state index contributed by atoms with van der Waals surface area (Å²) >= 11 is 0. The molecule has 2 aromatic rings. The van der Waals surface area contributed by atoms with Gasteiger partial charge in [-0.05, 0) is 44.4 Å². The van der Waals surface area contributed by atoms with Gasteiger partial charge in [0.15, 0.2) is 0 Å². The van der Waals surface area contributed by atoms with E-state index in [1.807, 2.05) is 6.92 Å². The third-order valence-electron chi connectivity index (χ3n) is 5.75. The van der Waals surface area contributed by atoms with Crippen LogP contribution in [0, 0.1) is 5.82 Å². The lowest BCUT2D eigenvalue weighted by Crippen LogP contribution is -2.44. The van der Waals surface area contributed by atoms with E-state index in [-0.39, 0.29) is 23.6 Å². The molecule has 27 heavy (non-hydrogen) atoms. The number of likely N-dealkylation sites (tertiary alicyclic amines) is 2. The number of hydrogen-bond donors (Lipinski definition) is 1. The molecule has 4 rings (SSSR count). The number of fused-ring (bicyclic) bond motifs is 1. The first-order chi connectivity index (χ1) is 13.1. The van der Waals surface area contributed by atoms with Gasteiger partial charge in [0.05, 0.1) is 17.6 Å². The number of ether oxygens (including phenoxy) is 1. The van der Waals surface area contributed by atoms with Crippen molar-refractivity contribution in [3.63, 3.8) is 0 Å². The Hall–Kier alpha value is -2.35. The summed E-state index contributed by atoms with van der Waals surface area (Å²) in [6.07, 6.45) is 2.38. The quantitative estimate of drug-likeness (QED) is 0.893. The van der Waals surface area contributed by atoms with Crippen LogP contribution in [0.2, 0.25) is 0 Å². The number of imidazole rings is 1. The Morgan fingerprint density at radius 2 is 1.96 bits per heavy atom. The summed E-state index contributed by atoms with van der Waals surface area (Å²) in [6, 6.07) is 4.80. The molecule has 1 amide bonds. The summed E-state index contributed by atoms with van der Waals surface area (Å²) in [4.78, 5) is 31.3. The van der Waals surface area contributed by atoms with Crippen LogP contribution in [0.5, 0.6) is 0 Å². The minimum absolute atomic E-state index is 0.0619. The molecule has 1 N–H and O–H groups in total. The van der Waals surface area contributed by atoms with Gasteiger partial charge in [-0.3, -0.25) is 9.47 Å². The van der Waals surface area contributed by atoms with Crippen molar-refractivity contribution in [3.8, 4) is 0 Å². The summed E-state index contributed by atoms with van der Waals surface area (Å²) in [6.45, 7) is 5.35. The Labute approximate surface area is 156 Å². The number of aromatic amines is 1.